The number of pyridine rings is 1. The number of rotatable bonds is 3. The highest BCUT2D eigenvalue weighted by Gasteiger charge is 2.41. The molecule has 1 aromatic carbocycles. The molecule has 6 heteroatoms. The molecule has 1 aliphatic heterocycles. The number of nitrogens with zero attached hydrogens (tertiary/aromatic N) is 3. The molecule has 0 unspecified atom stereocenters. The van der Waals surface area contributed by atoms with E-state index in [2.05, 4.69) is 4.98 Å². The third-order valence-electron chi connectivity index (χ3n) is 5.64. The van der Waals surface area contributed by atoms with Gasteiger partial charge in [-0.25, -0.2) is 4.98 Å². The van der Waals surface area contributed by atoms with Gasteiger partial charge in [0, 0.05) is 12.7 Å². The van der Waals surface area contributed by atoms with E-state index in [0.29, 0.717) is 24.7 Å². The van der Waals surface area contributed by atoms with Crippen LogP contribution in [0.4, 0.5) is 4.39 Å². The fraction of sp³-hybridized carbons (Fsp3) is 0.364. The number of hydrogen-bond acceptors (Lipinski definition) is 3. The summed E-state index contributed by atoms with van der Waals surface area (Å²) in [6.45, 7) is 2.77. The predicted octanol–water partition coefficient (Wildman–Crippen LogP) is 3.77. The van der Waals surface area contributed by atoms with Gasteiger partial charge in [0.05, 0.1) is 12.6 Å². The van der Waals surface area contributed by atoms with E-state index in [1.165, 1.54) is 4.40 Å². The third-order valence-corrected chi connectivity index (χ3v) is 5.64. The van der Waals surface area contributed by atoms with E-state index in [0.717, 1.165) is 24.0 Å². The first-order chi connectivity index (χ1) is 13.6. The normalized spacial score (nSPS) is 22.6. The van der Waals surface area contributed by atoms with E-state index in [9.17, 15) is 9.18 Å². The van der Waals surface area contributed by atoms with Gasteiger partial charge in [-0.3, -0.25) is 9.20 Å². The first-order valence-electron chi connectivity index (χ1n) is 9.74. The molecular formula is C22H22FN3O2. The van der Waals surface area contributed by atoms with Gasteiger partial charge >= 0.3 is 0 Å². The van der Waals surface area contributed by atoms with E-state index >= 15 is 0 Å². The number of ether oxygens (including phenoxy) is 1. The van der Waals surface area contributed by atoms with Crippen molar-refractivity contribution < 1.29 is 13.9 Å². The molecule has 3 heterocycles. The highest BCUT2D eigenvalue weighted by Crippen LogP contribution is 2.39. The van der Waals surface area contributed by atoms with Crippen molar-refractivity contribution in [2.75, 3.05) is 13.1 Å². The summed E-state index contributed by atoms with van der Waals surface area (Å²) < 4.78 is 22.6. The molecule has 0 bridgehead atoms. The molecule has 1 saturated carbocycles. The lowest BCUT2D eigenvalue weighted by Gasteiger charge is -2.38. The lowest BCUT2D eigenvalue weighted by Crippen LogP contribution is -2.48. The number of hydrogen-bond donors (Lipinski definition) is 0. The van der Waals surface area contributed by atoms with Crippen molar-refractivity contribution >= 4 is 11.6 Å². The molecule has 2 atom stereocenters. The molecule has 5 nitrogen and oxygen atoms in total. The van der Waals surface area contributed by atoms with Crippen LogP contribution in [0.5, 0.6) is 0 Å². The number of imidazole rings is 1. The summed E-state index contributed by atoms with van der Waals surface area (Å²) in [5.74, 6) is -0.487. The average Bonchev–Trinajstić information content (AvgIpc) is 3.53. The summed E-state index contributed by atoms with van der Waals surface area (Å²) in [5, 5.41) is 0. The van der Waals surface area contributed by atoms with Gasteiger partial charge < -0.3 is 9.64 Å². The van der Waals surface area contributed by atoms with Crippen molar-refractivity contribution in [1.29, 1.82) is 0 Å². The molecule has 2 aromatic heterocycles. The Labute approximate surface area is 162 Å². The highest BCUT2D eigenvalue weighted by molar-refractivity contribution is 5.93. The third kappa shape index (κ3) is 3.07. The summed E-state index contributed by atoms with van der Waals surface area (Å²) in [6.07, 6.45) is 3.69. The molecule has 0 N–H and O–H groups in total. The number of carbonyl (C=O) groups excluding carboxylic acids is 1. The zero-order valence-corrected chi connectivity index (χ0v) is 15.7. The van der Waals surface area contributed by atoms with Crippen LogP contribution in [0.2, 0.25) is 0 Å². The quantitative estimate of drug-likeness (QED) is 0.696. The summed E-state index contributed by atoms with van der Waals surface area (Å²) in [5.41, 5.74) is 2.27. The molecule has 2 fully saturated rings. The number of halogens is 1. The Hall–Kier alpha value is -2.73. The van der Waals surface area contributed by atoms with Crippen molar-refractivity contribution in [2.45, 2.75) is 32.0 Å². The summed E-state index contributed by atoms with van der Waals surface area (Å²) >= 11 is 0. The van der Waals surface area contributed by atoms with Crippen molar-refractivity contribution in [3.8, 4) is 0 Å². The number of benzene rings is 1. The topological polar surface area (TPSA) is 46.8 Å². The van der Waals surface area contributed by atoms with Crippen LogP contribution in [0.15, 0.2) is 48.7 Å². The number of carbonyl (C=O) groups is 1. The Morgan fingerprint density at radius 1 is 1.14 bits per heavy atom. The van der Waals surface area contributed by atoms with Crippen molar-refractivity contribution in [1.82, 2.24) is 14.3 Å². The Balaban J connectivity index is 1.47. The molecular weight excluding hydrogens is 357 g/mol. The van der Waals surface area contributed by atoms with E-state index in [-0.39, 0.29) is 23.8 Å². The second kappa shape index (κ2) is 6.71. The molecule has 3 aromatic rings. The van der Waals surface area contributed by atoms with Gasteiger partial charge in [0.2, 0.25) is 5.95 Å². The van der Waals surface area contributed by atoms with Crippen LogP contribution in [-0.2, 0) is 4.74 Å². The highest BCUT2D eigenvalue weighted by atomic mass is 19.1. The van der Waals surface area contributed by atoms with Crippen molar-refractivity contribution in [2.24, 2.45) is 5.92 Å². The minimum absolute atomic E-state index is 0.00903. The largest absolute Gasteiger partial charge is 0.366 e. The van der Waals surface area contributed by atoms with Gasteiger partial charge in [-0.05, 0) is 42.9 Å². The molecule has 0 radical (unpaired) electrons. The molecule has 5 rings (SSSR count). The van der Waals surface area contributed by atoms with Crippen LogP contribution in [0.25, 0.3) is 5.65 Å². The number of fused-ring (bicyclic) bond motifs is 1. The Bertz CT molecular complexity index is 1030. The smallest absolute Gasteiger partial charge is 0.277 e. The Morgan fingerprint density at radius 3 is 2.68 bits per heavy atom. The van der Waals surface area contributed by atoms with E-state index in [1.54, 1.807) is 17.2 Å². The predicted molar refractivity (Wildman–Crippen MR) is 103 cm³/mol. The lowest BCUT2D eigenvalue weighted by molar-refractivity contribution is -0.0865. The fourth-order valence-electron chi connectivity index (χ4n) is 3.94. The molecule has 1 amide bonds. The van der Waals surface area contributed by atoms with Crippen LogP contribution >= 0.6 is 0 Å². The van der Waals surface area contributed by atoms with E-state index < -0.39 is 5.95 Å². The van der Waals surface area contributed by atoms with Gasteiger partial charge in [-0.15, -0.1) is 0 Å². The number of amides is 1. The average molecular weight is 379 g/mol. The number of aromatic nitrogens is 2. The first-order valence-corrected chi connectivity index (χ1v) is 9.74. The van der Waals surface area contributed by atoms with Crippen LogP contribution in [0.3, 0.4) is 0 Å². The molecule has 1 aliphatic carbocycles. The van der Waals surface area contributed by atoms with Crippen molar-refractivity contribution in [3.63, 3.8) is 0 Å². The SMILES string of the molecule is Cc1ccc2nc(C(=O)N3C[C@@H](c4ccccc4)O[C@@H](C4CC4)C3)c(F)n2c1. The fourth-order valence-corrected chi connectivity index (χ4v) is 3.94. The molecule has 0 spiro atoms. The Kier molecular flexibility index (Phi) is 4.16. The van der Waals surface area contributed by atoms with Gasteiger partial charge in [0.1, 0.15) is 11.8 Å². The monoisotopic (exact) mass is 379 g/mol. The summed E-state index contributed by atoms with van der Waals surface area (Å²) in [7, 11) is 0. The maximum atomic E-state index is 14.9. The first kappa shape index (κ1) is 17.4. The Morgan fingerprint density at radius 2 is 1.93 bits per heavy atom. The second-order valence-electron chi connectivity index (χ2n) is 7.81. The van der Waals surface area contributed by atoms with Crippen LogP contribution in [0.1, 0.15) is 40.6 Å². The van der Waals surface area contributed by atoms with E-state index in [1.807, 2.05) is 43.3 Å². The minimum atomic E-state index is -0.602. The molecule has 2 aliphatic rings. The molecule has 28 heavy (non-hydrogen) atoms. The number of morpholine rings is 1. The van der Waals surface area contributed by atoms with Gasteiger partial charge in [0.25, 0.3) is 5.91 Å². The van der Waals surface area contributed by atoms with Crippen molar-refractivity contribution in [3.05, 3.63) is 71.4 Å². The lowest BCUT2D eigenvalue weighted by atomic mass is 10.0. The zero-order chi connectivity index (χ0) is 19.3. The van der Waals surface area contributed by atoms with Gasteiger partial charge in [-0.1, -0.05) is 36.4 Å². The number of aryl methyl sites for hydroxylation is 1. The van der Waals surface area contributed by atoms with Gasteiger partial charge in [0.15, 0.2) is 5.69 Å². The molecule has 1 saturated heterocycles. The van der Waals surface area contributed by atoms with Crippen LogP contribution in [-0.4, -0.2) is 39.4 Å². The molecule has 144 valence electrons. The summed E-state index contributed by atoms with van der Waals surface area (Å²) in [6, 6.07) is 13.5. The zero-order valence-electron chi connectivity index (χ0n) is 15.7. The second-order valence-corrected chi connectivity index (χ2v) is 7.81. The van der Waals surface area contributed by atoms with Gasteiger partial charge in [-0.2, -0.15) is 4.39 Å². The van der Waals surface area contributed by atoms with Crippen LogP contribution < -0.4 is 0 Å². The standard InChI is InChI=1S/C22H22FN3O2/c1-14-7-10-19-24-20(21(23)26(19)11-14)22(27)25-12-17(15-5-3-2-4-6-15)28-18(13-25)16-8-9-16/h2-7,10-11,16-18H,8-9,12-13H2,1H3/t17-,18+/m0/s1. The van der Waals surface area contributed by atoms with E-state index in [4.69, 9.17) is 4.74 Å². The van der Waals surface area contributed by atoms with Crippen LogP contribution in [0, 0.1) is 18.8 Å². The summed E-state index contributed by atoms with van der Waals surface area (Å²) in [4.78, 5) is 19.2. The maximum Gasteiger partial charge on any atom is 0.277 e. The maximum absolute atomic E-state index is 14.9. The minimum Gasteiger partial charge on any atom is -0.366 e.